The van der Waals surface area contributed by atoms with E-state index in [2.05, 4.69) is 12.4 Å². The van der Waals surface area contributed by atoms with Gasteiger partial charge in [0.2, 0.25) is 0 Å². The van der Waals surface area contributed by atoms with Crippen LogP contribution in [0, 0.1) is 13.0 Å². The first kappa shape index (κ1) is 7.73. The van der Waals surface area contributed by atoms with Crippen LogP contribution < -0.4 is 5.32 Å². The lowest BCUT2D eigenvalue weighted by Crippen LogP contribution is -2.22. The van der Waals surface area contributed by atoms with Gasteiger partial charge in [-0.3, -0.25) is 4.79 Å². The first-order valence-corrected chi connectivity index (χ1v) is 3.87. The van der Waals surface area contributed by atoms with E-state index in [1.807, 2.05) is 0 Å². The molecule has 0 spiro atoms. The van der Waals surface area contributed by atoms with Gasteiger partial charge in [-0.15, -0.1) is 0 Å². The maximum absolute atomic E-state index is 11.1. The first-order valence-electron chi connectivity index (χ1n) is 3.87. The Morgan fingerprint density at radius 2 is 2.10 bits per heavy atom. The summed E-state index contributed by atoms with van der Waals surface area (Å²) in [7, 11) is 3.43. The van der Waals surface area contributed by atoms with Gasteiger partial charge in [-0.05, 0) is 12.8 Å². The van der Waals surface area contributed by atoms with Crippen molar-refractivity contribution in [3.8, 4) is 0 Å². The summed E-state index contributed by atoms with van der Waals surface area (Å²) >= 11 is 0. The van der Waals surface area contributed by atoms with E-state index < -0.39 is 0 Å². The van der Waals surface area contributed by atoms with E-state index in [4.69, 9.17) is 0 Å². The molecule has 0 saturated heterocycles. The molecule has 0 unspecified atom stereocenters. The van der Waals surface area contributed by atoms with Crippen LogP contribution in [0.1, 0.15) is 25.7 Å². The van der Waals surface area contributed by atoms with Crippen molar-refractivity contribution in [3.05, 3.63) is 7.05 Å². The van der Waals surface area contributed by atoms with Gasteiger partial charge in [-0.1, -0.05) is 12.8 Å². The van der Waals surface area contributed by atoms with Gasteiger partial charge < -0.3 is 5.32 Å². The molecule has 0 aromatic heterocycles. The Morgan fingerprint density at radius 1 is 1.50 bits per heavy atom. The largest absolute Gasteiger partial charge is 0.309 e. The van der Waals surface area contributed by atoms with Gasteiger partial charge in [0, 0.05) is 13.0 Å². The van der Waals surface area contributed by atoms with E-state index in [1.54, 1.807) is 0 Å². The van der Waals surface area contributed by atoms with Crippen molar-refractivity contribution in [2.45, 2.75) is 25.7 Å². The molecular formula is C8H14NO. The van der Waals surface area contributed by atoms with Crippen LogP contribution in [0.2, 0.25) is 0 Å². The number of hydrogen-bond acceptors (Lipinski definition) is 2. The molecule has 2 heteroatoms. The van der Waals surface area contributed by atoms with Crippen LogP contribution in [-0.4, -0.2) is 12.3 Å². The fourth-order valence-electron chi connectivity index (χ4n) is 1.52. The summed E-state index contributed by atoms with van der Waals surface area (Å²) in [6.45, 7) is 0.449. The number of carbonyl (C=O) groups is 1. The number of nitrogens with one attached hydrogen (secondary N) is 1. The van der Waals surface area contributed by atoms with Crippen LogP contribution in [0.15, 0.2) is 0 Å². The Morgan fingerprint density at radius 3 is 2.60 bits per heavy atom. The minimum Gasteiger partial charge on any atom is -0.309 e. The Kier molecular flexibility index (Phi) is 2.87. The number of rotatable bonds is 3. The first-order chi connectivity index (χ1) is 4.84. The fraction of sp³-hybridized carbons (Fsp3) is 0.750. The van der Waals surface area contributed by atoms with Crippen LogP contribution in [-0.2, 0) is 4.79 Å². The molecule has 1 radical (unpaired) electrons. The van der Waals surface area contributed by atoms with Crippen molar-refractivity contribution in [2.24, 2.45) is 5.92 Å². The van der Waals surface area contributed by atoms with E-state index >= 15 is 0 Å². The van der Waals surface area contributed by atoms with Gasteiger partial charge in [0.05, 0.1) is 6.54 Å². The normalized spacial score (nSPS) is 19.7. The van der Waals surface area contributed by atoms with E-state index in [1.165, 1.54) is 12.8 Å². The predicted octanol–water partition coefficient (Wildman–Crippen LogP) is 1.13. The summed E-state index contributed by atoms with van der Waals surface area (Å²) in [4.78, 5) is 11.1. The van der Waals surface area contributed by atoms with Crippen LogP contribution >= 0.6 is 0 Å². The molecule has 1 N–H and O–H groups in total. The van der Waals surface area contributed by atoms with Crippen molar-refractivity contribution in [3.63, 3.8) is 0 Å². The van der Waals surface area contributed by atoms with Gasteiger partial charge in [0.25, 0.3) is 0 Å². The highest BCUT2D eigenvalue weighted by Crippen LogP contribution is 2.24. The molecule has 0 heterocycles. The van der Waals surface area contributed by atoms with Crippen molar-refractivity contribution in [1.29, 1.82) is 0 Å². The topological polar surface area (TPSA) is 29.1 Å². The lowest BCUT2D eigenvalue weighted by Gasteiger charge is -2.05. The Bertz CT molecular complexity index is 116. The molecule has 57 valence electrons. The summed E-state index contributed by atoms with van der Waals surface area (Å²) in [5.41, 5.74) is 0. The maximum Gasteiger partial charge on any atom is 0.149 e. The predicted molar refractivity (Wildman–Crippen MR) is 40.3 cm³/mol. The minimum absolute atomic E-state index is 0.340. The smallest absolute Gasteiger partial charge is 0.149 e. The summed E-state index contributed by atoms with van der Waals surface area (Å²) in [5, 5.41) is 2.64. The summed E-state index contributed by atoms with van der Waals surface area (Å²) in [6, 6.07) is 0. The minimum atomic E-state index is 0.340. The van der Waals surface area contributed by atoms with Crippen LogP contribution in [0.5, 0.6) is 0 Å². The molecule has 1 fully saturated rings. The Labute approximate surface area is 62.0 Å². The van der Waals surface area contributed by atoms with Gasteiger partial charge in [0.15, 0.2) is 0 Å². The highest BCUT2D eigenvalue weighted by molar-refractivity contribution is 5.83. The molecule has 0 atom stereocenters. The molecule has 0 aliphatic heterocycles. The second kappa shape index (κ2) is 3.71. The molecule has 2 nitrogen and oxygen atoms in total. The van der Waals surface area contributed by atoms with Gasteiger partial charge in [-0.25, -0.2) is 0 Å². The number of carbonyl (C=O) groups excluding carboxylic acids is 1. The monoisotopic (exact) mass is 140 g/mol. The summed E-state index contributed by atoms with van der Waals surface area (Å²) in [5.74, 6) is 0.682. The summed E-state index contributed by atoms with van der Waals surface area (Å²) < 4.78 is 0. The second-order valence-corrected chi connectivity index (χ2v) is 2.87. The van der Waals surface area contributed by atoms with Gasteiger partial charge in [0.1, 0.15) is 5.78 Å². The zero-order valence-corrected chi connectivity index (χ0v) is 6.23. The molecule has 0 aromatic rings. The van der Waals surface area contributed by atoms with Crippen LogP contribution in [0.3, 0.4) is 0 Å². The Balaban J connectivity index is 2.25. The van der Waals surface area contributed by atoms with E-state index in [-0.39, 0.29) is 0 Å². The zero-order valence-electron chi connectivity index (χ0n) is 6.23. The third kappa shape index (κ3) is 1.81. The van der Waals surface area contributed by atoms with Gasteiger partial charge in [-0.2, -0.15) is 0 Å². The van der Waals surface area contributed by atoms with E-state index in [0.29, 0.717) is 18.2 Å². The van der Waals surface area contributed by atoms with Crippen molar-refractivity contribution in [2.75, 3.05) is 6.54 Å². The summed E-state index contributed by atoms with van der Waals surface area (Å²) in [6.07, 6.45) is 4.65. The van der Waals surface area contributed by atoms with Crippen LogP contribution in [0.4, 0.5) is 0 Å². The quantitative estimate of drug-likeness (QED) is 0.636. The van der Waals surface area contributed by atoms with E-state index in [9.17, 15) is 4.79 Å². The molecule has 0 amide bonds. The molecule has 10 heavy (non-hydrogen) atoms. The van der Waals surface area contributed by atoms with Crippen molar-refractivity contribution in [1.82, 2.24) is 5.32 Å². The molecule has 1 aliphatic rings. The Hall–Kier alpha value is -0.370. The number of hydrogen-bond donors (Lipinski definition) is 1. The fourth-order valence-corrected chi connectivity index (χ4v) is 1.52. The van der Waals surface area contributed by atoms with Crippen molar-refractivity contribution >= 4 is 5.78 Å². The average molecular weight is 140 g/mol. The second-order valence-electron chi connectivity index (χ2n) is 2.87. The van der Waals surface area contributed by atoms with E-state index in [0.717, 1.165) is 12.8 Å². The molecule has 1 aliphatic carbocycles. The highest BCUT2D eigenvalue weighted by Gasteiger charge is 2.21. The van der Waals surface area contributed by atoms with Gasteiger partial charge >= 0.3 is 0 Å². The highest BCUT2D eigenvalue weighted by atomic mass is 16.1. The molecule has 0 bridgehead atoms. The SMILES string of the molecule is [CH2]NCC(=O)C1CCCC1. The molecule has 0 aromatic carbocycles. The molecular weight excluding hydrogens is 126 g/mol. The third-order valence-corrected chi connectivity index (χ3v) is 2.11. The lowest BCUT2D eigenvalue weighted by molar-refractivity contribution is -0.121. The number of ketones is 1. The average Bonchev–Trinajstić information content (AvgIpc) is 2.38. The third-order valence-electron chi connectivity index (χ3n) is 2.11. The lowest BCUT2D eigenvalue weighted by atomic mass is 10.0. The molecule has 1 saturated carbocycles. The standard InChI is InChI=1S/C8H14NO/c1-9-6-8(10)7-4-2-3-5-7/h7,9H,1-6H2. The number of Topliss-reactive ketones (excluding diaryl/α,β-unsaturated/α-hetero) is 1. The molecule has 1 rings (SSSR count). The van der Waals surface area contributed by atoms with Crippen LogP contribution in [0.25, 0.3) is 0 Å². The maximum atomic E-state index is 11.1. The zero-order chi connectivity index (χ0) is 7.40. The van der Waals surface area contributed by atoms with Crippen molar-refractivity contribution < 1.29 is 4.79 Å².